The Balaban J connectivity index is 2.07. The molecule has 0 radical (unpaired) electrons. The van der Waals surface area contributed by atoms with Crippen LogP contribution in [0, 0.1) is 5.82 Å². The first kappa shape index (κ1) is 22.0. The molecular formula is C16H8ClF7N4OS. The molecule has 3 aromatic rings. The average molecular weight is 473 g/mol. The summed E-state index contributed by atoms with van der Waals surface area (Å²) in [5.74, 6) is -1.82. The zero-order chi connectivity index (χ0) is 22.3. The molecule has 3 rings (SSSR count). The highest BCUT2D eigenvalue weighted by Gasteiger charge is 2.36. The normalized spacial score (nSPS) is 12.8. The Kier molecular flexibility index (Phi) is 5.78. The first-order valence-corrected chi connectivity index (χ1v) is 8.99. The van der Waals surface area contributed by atoms with Crippen molar-refractivity contribution < 1.29 is 35.5 Å². The summed E-state index contributed by atoms with van der Waals surface area (Å²) in [5, 5.41) is 3.65. The zero-order valence-electron chi connectivity index (χ0n) is 14.3. The zero-order valence-corrected chi connectivity index (χ0v) is 15.8. The smallest absolute Gasteiger partial charge is 0.343 e. The Morgan fingerprint density at radius 1 is 1.23 bits per heavy atom. The summed E-state index contributed by atoms with van der Waals surface area (Å²) in [6.45, 7) is -1.59. The lowest BCUT2D eigenvalue weighted by Gasteiger charge is -2.06. The maximum Gasteiger partial charge on any atom is 0.445 e. The molecule has 0 saturated heterocycles. The number of nitrogens with one attached hydrogen (secondary N) is 1. The van der Waals surface area contributed by atoms with E-state index in [4.69, 9.17) is 11.6 Å². The summed E-state index contributed by atoms with van der Waals surface area (Å²) in [4.78, 5) is 15.4. The van der Waals surface area contributed by atoms with Crippen molar-refractivity contribution in [2.24, 2.45) is 0 Å². The van der Waals surface area contributed by atoms with Crippen LogP contribution in [-0.2, 0) is 11.0 Å². The van der Waals surface area contributed by atoms with Gasteiger partial charge in [0.1, 0.15) is 18.1 Å². The molecule has 5 nitrogen and oxygen atoms in total. The fourth-order valence-corrected chi connectivity index (χ4v) is 3.34. The fraction of sp³-hybridized carbons (Fsp3) is 0.188. The maximum absolute atomic E-state index is 13.3. The van der Waals surface area contributed by atoms with E-state index in [9.17, 15) is 35.5 Å². The lowest BCUT2D eigenvalue weighted by Crippen LogP contribution is -2.32. The topological polar surface area (TPSA) is 59.3 Å². The molecule has 0 spiro atoms. The second-order valence-electron chi connectivity index (χ2n) is 5.74. The molecule has 0 unspecified atom stereocenters. The minimum atomic E-state index is -4.76. The van der Waals surface area contributed by atoms with E-state index in [1.54, 1.807) is 5.32 Å². The molecule has 2 heterocycles. The quantitative estimate of drug-likeness (QED) is 0.431. The molecule has 0 aliphatic carbocycles. The van der Waals surface area contributed by atoms with Gasteiger partial charge in [-0.25, -0.2) is 13.9 Å². The van der Waals surface area contributed by atoms with Gasteiger partial charge in [0, 0.05) is 11.6 Å². The van der Waals surface area contributed by atoms with Crippen LogP contribution in [0.3, 0.4) is 0 Å². The summed E-state index contributed by atoms with van der Waals surface area (Å²) >= 11 is 6.19. The van der Waals surface area contributed by atoms with Crippen LogP contribution in [0.4, 0.5) is 30.7 Å². The van der Waals surface area contributed by atoms with Crippen LogP contribution in [0.25, 0.3) is 22.3 Å². The van der Waals surface area contributed by atoms with E-state index in [0.29, 0.717) is 6.08 Å². The molecule has 0 saturated carbocycles. The third kappa shape index (κ3) is 4.90. The van der Waals surface area contributed by atoms with E-state index in [1.165, 1.54) is 6.07 Å². The molecule has 1 aromatic carbocycles. The first-order chi connectivity index (χ1) is 13.8. The van der Waals surface area contributed by atoms with Crippen LogP contribution in [0.1, 0.15) is 10.7 Å². The van der Waals surface area contributed by atoms with E-state index in [2.05, 4.69) is 10.1 Å². The lowest BCUT2D eigenvalue weighted by atomic mass is 10.1. The van der Waals surface area contributed by atoms with Crippen molar-refractivity contribution in [1.82, 2.24) is 19.9 Å². The predicted molar refractivity (Wildman–Crippen MR) is 94.4 cm³/mol. The highest BCUT2D eigenvalue weighted by Crippen LogP contribution is 2.37. The van der Waals surface area contributed by atoms with Gasteiger partial charge >= 0.3 is 12.4 Å². The van der Waals surface area contributed by atoms with Crippen LogP contribution in [0.5, 0.6) is 0 Å². The predicted octanol–water partition coefficient (Wildman–Crippen LogP) is 4.96. The van der Waals surface area contributed by atoms with Crippen LogP contribution < -0.4 is 5.32 Å². The number of aromatic nitrogens is 3. The Hall–Kier alpha value is -2.67. The van der Waals surface area contributed by atoms with Gasteiger partial charge in [0.25, 0.3) is 0 Å². The molecule has 2 aromatic heterocycles. The van der Waals surface area contributed by atoms with Gasteiger partial charge in [-0.1, -0.05) is 22.9 Å². The van der Waals surface area contributed by atoms with Gasteiger partial charge < -0.3 is 5.32 Å². The van der Waals surface area contributed by atoms with Gasteiger partial charge in [-0.15, -0.1) is 5.10 Å². The van der Waals surface area contributed by atoms with Crippen molar-refractivity contribution in [3.8, 4) is 11.3 Å². The third-order valence-corrected chi connectivity index (χ3v) is 4.79. The van der Waals surface area contributed by atoms with Crippen LogP contribution in [0.15, 0.2) is 24.3 Å². The van der Waals surface area contributed by atoms with Gasteiger partial charge in [0.15, 0.2) is 0 Å². The molecule has 0 fully saturated rings. The number of alkyl halides is 6. The van der Waals surface area contributed by atoms with Gasteiger partial charge in [0.2, 0.25) is 15.9 Å². The van der Waals surface area contributed by atoms with E-state index in [1.807, 2.05) is 0 Å². The molecule has 0 aliphatic heterocycles. The summed E-state index contributed by atoms with van der Waals surface area (Å²) in [6.07, 6.45) is -7.77. The van der Waals surface area contributed by atoms with Crippen molar-refractivity contribution in [2.45, 2.75) is 12.4 Å². The molecule has 0 bridgehead atoms. The van der Waals surface area contributed by atoms with Crippen molar-refractivity contribution in [3.63, 3.8) is 0 Å². The standard InChI is InChI=1S/C16H8ClF7N4OS/c17-9-5-7(18)1-2-8(9)12-10(3-4-11(29)25-6-15(19,20)21)28-14(26-12)30-13(27-28)16(22,23)24/h1-5H,6H2,(H,25,29). The van der Waals surface area contributed by atoms with E-state index >= 15 is 0 Å². The van der Waals surface area contributed by atoms with Crippen molar-refractivity contribution in [2.75, 3.05) is 6.54 Å². The van der Waals surface area contributed by atoms with Gasteiger partial charge in [-0.3, -0.25) is 4.79 Å². The summed E-state index contributed by atoms with van der Waals surface area (Å²) in [6, 6.07) is 3.20. The first-order valence-electron chi connectivity index (χ1n) is 7.80. The Labute approximate surface area is 171 Å². The van der Waals surface area contributed by atoms with E-state index in [-0.39, 0.29) is 38.3 Å². The molecule has 0 aliphatic rings. The fourth-order valence-electron chi connectivity index (χ4n) is 2.31. The molecular weight excluding hydrogens is 465 g/mol. The third-order valence-electron chi connectivity index (χ3n) is 3.52. The average Bonchev–Trinajstić information content (AvgIpc) is 3.16. The van der Waals surface area contributed by atoms with Gasteiger partial charge in [-0.05, 0) is 24.3 Å². The van der Waals surface area contributed by atoms with E-state index < -0.39 is 35.6 Å². The van der Waals surface area contributed by atoms with Gasteiger partial charge in [0.05, 0.1) is 10.7 Å². The van der Waals surface area contributed by atoms with Gasteiger partial charge in [-0.2, -0.15) is 26.3 Å². The maximum atomic E-state index is 13.3. The monoisotopic (exact) mass is 472 g/mol. The SMILES string of the molecule is O=C(C=Cc1c(-c2ccc(F)cc2Cl)nc2sc(C(F)(F)F)nn12)NCC(F)(F)F. The number of nitrogens with zero attached hydrogens (tertiary/aromatic N) is 3. The highest BCUT2D eigenvalue weighted by atomic mass is 35.5. The number of fused-ring (bicyclic) bond motifs is 1. The Morgan fingerprint density at radius 3 is 2.53 bits per heavy atom. The number of hydrogen-bond acceptors (Lipinski definition) is 4. The van der Waals surface area contributed by atoms with Crippen molar-refractivity contribution in [3.05, 3.63) is 45.8 Å². The van der Waals surface area contributed by atoms with Crippen molar-refractivity contribution >= 4 is 39.9 Å². The number of carbonyl (C=O) groups excluding carboxylic acids is 1. The van der Waals surface area contributed by atoms with Crippen LogP contribution in [0.2, 0.25) is 5.02 Å². The Bertz CT molecular complexity index is 1130. The van der Waals surface area contributed by atoms with E-state index in [0.717, 1.165) is 22.7 Å². The second-order valence-corrected chi connectivity index (χ2v) is 7.10. The molecule has 1 amide bonds. The molecule has 1 N–H and O–H groups in total. The minimum Gasteiger partial charge on any atom is -0.343 e. The highest BCUT2D eigenvalue weighted by molar-refractivity contribution is 7.16. The summed E-state index contributed by atoms with van der Waals surface area (Å²) < 4.78 is 89.5. The largest absolute Gasteiger partial charge is 0.445 e. The number of carbonyl (C=O) groups is 1. The number of amides is 1. The van der Waals surface area contributed by atoms with Crippen molar-refractivity contribution in [1.29, 1.82) is 0 Å². The molecule has 30 heavy (non-hydrogen) atoms. The molecule has 0 atom stereocenters. The number of rotatable bonds is 4. The van der Waals surface area contributed by atoms with Crippen LogP contribution in [-0.4, -0.2) is 33.2 Å². The molecule has 160 valence electrons. The number of benzene rings is 1. The summed E-state index contributed by atoms with van der Waals surface area (Å²) in [5.41, 5.74) is -0.0700. The summed E-state index contributed by atoms with van der Waals surface area (Å²) in [7, 11) is 0. The number of imidazole rings is 1. The lowest BCUT2D eigenvalue weighted by molar-refractivity contribution is -0.138. The Morgan fingerprint density at radius 2 is 1.93 bits per heavy atom. The van der Waals surface area contributed by atoms with Crippen LogP contribution >= 0.6 is 22.9 Å². The number of hydrogen-bond donors (Lipinski definition) is 1. The minimum absolute atomic E-state index is 0.0349. The number of halogens is 8. The second kappa shape index (κ2) is 7.87. The molecule has 14 heteroatoms.